The summed E-state index contributed by atoms with van der Waals surface area (Å²) in [5.74, 6) is 0.512. The zero-order valence-corrected chi connectivity index (χ0v) is 20.1. The third-order valence-corrected chi connectivity index (χ3v) is 10.6. The molecule has 3 N–H and O–H groups in total. The standard InChI is InChI=1S/C26H42O6/c1-14(5-8-23(30)31)18-6-7-19-24-20(13-22(26(18,19)4)32-15(2)27)25(3)10-9-17(28)11-16(25)12-21(24)29/h14,16-22,24,28-29H,5-13H2,1-4H3,(H,30,31)/t14-,16+,17-,18-,19+,20+,21-,22-,24+,25+,26-/m1/s1. The molecule has 0 heterocycles. The van der Waals surface area contributed by atoms with Crippen LogP contribution < -0.4 is 0 Å². The van der Waals surface area contributed by atoms with Crippen molar-refractivity contribution >= 4 is 11.9 Å². The molecule has 4 rings (SSSR count). The summed E-state index contributed by atoms with van der Waals surface area (Å²) < 4.78 is 6.06. The highest BCUT2D eigenvalue weighted by Gasteiger charge is 2.66. The van der Waals surface area contributed by atoms with Crippen molar-refractivity contribution in [1.82, 2.24) is 0 Å². The van der Waals surface area contributed by atoms with Crippen LogP contribution >= 0.6 is 0 Å². The lowest BCUT2D eigenvalue weighted by molar-refractivity contribution is -0.217. The monoisotopic (exact) mass is 450 g/mol. The number of carbonyl (C=O) groups excluding carboxylic acids is 1. The van der Waals surface area contributed by atoms with Gasteiger partial charge in [0.05, 0.1) is 12.2 Å². The molecule has 6 nitrogen and oxygen atoms in total. The molecule has 11 atom stereocenters. The number of carbonyl (C=O) groups is 2. The molecule has 0 saturated heterocycles. The van der Waals surface area contributed by atoms with Crippen LogP contribution in [0.4, 0.5) is 0 Å². The molecule has 32 heavy (non-hydrogen) atoms. The average molecular weight is 451 g/mol. The number of ether oxygens (including phenoxy) is 1. The van der Waals surface area contributed by atoms with Crippen LogP contribution in [0.3, 0.4) is 0 Å². The molecule has 0 aromatic carbocycles. The van der Waals surface area contributed by atoms with Crippen LogP contribution in [-0.4, -0.2) is 45.6 Å². The van der Waals surface area contributed by atoms with Gasteiger partial charge in [-0.15, -0.1) is 0 Å². The van der Waals surface area contributed by atoms with Crippen molar-refractivity contribution in [2.45, 2.75) is 104 Å². The topological polar surface area (TPSA) is 104 Å². The molecule has 6 heteroatoms. The Morgan fingerprint density at radius 3 is 2.44 bits per heavy atom. The SMILES string of the molecule is CC(=O)O[C@@H]1C[C@H]2[C@@H]([C@H](O)C[C@@H]3C[C@H](O)CC[C@@]32C)[C@@H]2CC[C@H]([C@H](C)CCC(=O)O)[C@@]12C. The summed E-state index contributed by atoms with van der Waals surface area (Å²) >= 11 is 0. The Labute approximate surface area is 192 Å². The van der Waals surface area contributed by atoms with Gasteiger partial charge in [0.25, 0.3) is 0 Å². The zero-order valence-electron chi connectivity index (χ0n) is 20.1. The first-order valence-electron chi connectivity index (χ1n) is 12.7. The van der Waals surface area contributed by atoms with E-state index in [0.29, 0.717) is 12.3 Å². The molecule has 0 aromatic rings. The van der Waals surface area contributed by atoms with Gasteiger partial charge in [0.15, 0.2) is 0 Å². The smallest absolute Gasteiger partial charge is 0.303 e. The van der Waals surface area contributed by atoms with Crippen LogP contribution in [0.1, 0.15) is 85.5 Å². The lowest BCUT2D eigenvalue weighted by atomic mass is 9.43. The predicted molar refractivity (Wildman–Crippen MR) is 120 cm³/mol. The molecular weight excluding hydrogens is 408 g/mol. The van der Waals surface area contributed by atoms with Crippen molar-refractivity contribution in [1.29, 1.82) is 0 Å². The quantitative estimate of drug-likeness (QED) is 0.547. The Kier molecular flexibility index (Phi) is 6.43. The fourth-order valence-electron chi connectivity index (χ4n) is 9.03. The van der Waals surface area contributed by atoms with Gasteiger partial charge in [0, 0.05) is 18.8 Å². The number of carboxylic acid groups (broad SMARTS) is 1. The number of hydrogen-bond donors (Lipinski definition) is 3. The van der Waals surface area contributed by atoms with Crippen molar-refractivity contribution in [2.75, 3.05) is 0 Å². The van der Waals surface area contributed by atoms with Gasteiger partial charge in [-0.25, -0.2) is 0 Å². The van der Waals surface area contributed by atoms with Crippen LogP contribution in [0.25, 0.3) is 0 Å². The molecule has 0 aliphatic heterocycles. The van der Waals surface area contributed by atoms with E-state index in [1.165, 1.54) is 6.92 Å². The van der Waals surface area contributed by atoms with Crippen LogP contribution in [0.2, 0.25) is 0 Å². The van der Waals surface area contributed by atoms with Gasteiger partial charge < -0.3 is 20.1 Å². The molecule has 4 saturated carbocycles. The van der Waals surface area contributed by atoms with Crippen molar-refractivity contribution in [2.24, 2.45) is 46.3 Å². The van der Waals surface area contributed by atoms with Crippen molar-refractivity contribution in [3.8, 4) is 0 Å². The van der Waals surface area contributed by atoms with Gasteiger partial charge in [-0.3, -0.25) is 9.59 Å². The molecule has 0 aromatic heterocycles. The highest BCUT2D eigenvalue weighted by atomic mass is 16.5. The number of fused-ring (bicyclic) bond motifs is 5. The number of rotatable bonds is 5. The Hall–Kier alpha value is -1.14. The van der Waals surface area contributed by atoms with Crippen LogP contribution in [0.5, 0.6) is 0 Å². The van der Waals surface area contributed by atoms with E-state index in [4.69, 9.17) is 4.74 Å². The van der Waals surface area contributed by atoms with Gasteiger partial charge in [-0.2, -0.15) is 0 Å². The van der Waals surface area contributed by atoms with E-state index in [1.807, 2.05) is 0 Å². The second kappa shape index (κ2) is 8.57. The molecule has 4 aliphatic rings. The Balaban J connectivity index is 1.68. The molecule has 0 unspecified atom stereocenters. The number of hydrogen-bond acceptors (Lipinski definition) is 5. The lowest BCUT2D eigenvalue weighted by Crippen LogP contribution is -2.63. The third-order valence-electron chi connectivity index (χ3n) is 10.6. The Morgan fingerprint density at radius 1 is 1.06 bits per heavy atom. The first-order valence-corrected chi connectivity index (χ1v) is 12.7. The molecular formula is C26H42O6. The van der Waals surface area contributed by atoms with E-state index in [-0.39, 0.29) is 71.1 Å². The largest absolute Gasteiger partial charge is 0.481 e. The highest BCUT2D eigenvalue weighted by Crippen LogP contribution is 2.68. The average Bonchev–Trinajstić information content (AvgIpc) is 3.06. The fraction of sp³-hybridized carbons (Fsp3) is 0.923. The first-order chi connectivity index (χ1) is 15.0. The van der Waals surface area contributed by atoms with Gasteiger partial charge in [0.1, 0.15) is 6.10 Å². The first kappa shape index (κ1) is 24.0. The number of aliphatic carboxylic acids is 1. The van der Waals surface area contributed by atoms with E-state index in [9.17, 15) is 24.9 Å². The summed E-state index contributed by atoms with van der Waals surface area (Å²) in [6.07, 6.45) is 5.94. The van der Waals surface area contributed by atoms with Crippen LogP contribution in [-0.2, 0) is 14.3 Å². The molecule has 0 radical (unpaired) electrons. The van der Waals surface area contributed by atoms with Crippen molar-refractivity contribution < 1.29 is 29.6 Å². The molecule has 0 spiro atoms. The minimum absolute atomic E-state index is 0.0515. The molecule has 4 fully saturated rings. The molecule has 4 aliphatic carbocycles. The summed E-state index contributed by atoms with van der Waals surface area (Å²) in [5, 5.41) is 30.9. The second-order valence-electron chi connectivity index (χ2n) is 12.0. The minimum atomic E-state index is -0.766. The second-order valence-corrected chi connectivity index (χ2v) is 12.0. The predicted octanol–water partition coefficient (Wildman–Crippen LogP) is 4.02. The lowest BCUT2D eigenvalue weighted by Gasteiger charge is -2.63. The molecule has 182 valence electrons. The summed E-state index contributed by atoms with van der Waals surface area (Å²) in [6, 6.07) is 0. The summed E-state index contributed by atoms with van der Waals surface area (Å²) in [7, 11) is 0. The Morgan fingerprint density at radius 2 is 1.78 bits per heavy atom. The maximum Gasteiger partial charge on any atom is 0.303 e. The van der Waals surface area contributed by atoms with Crippen LogP contribution in [0, 0.1) is 46.3 Å². The van der Waals surface area contributed by atoms with Gasteiger partial charge >= 0.3 is 11.9 Å². The number of esters is 1. The third kappa shape index (κ3) is 3.79. The minimum Gasteiger partial charge on any atom is -0.481 e. The summed E-state index contributed by atoms with van der Waals surface area (Å²) in [4.78, 5) is 23.4. The van der Waals surface area contributed by atoms with Crippen molar-refractivity contribution in [3.05, 3.63) is 0 Å². The van der Waals surface area contributed by atoms with Crippen molar-refractivity contribution in [3.63, 3.8) is 0 Å². The van der Waals surface area contributed by atoms with E-state index >= 15 is 0 Å². The van der Waals surface area contributed by atoms with Gasteiger partial charge in [-0.05, 0) is 92.3 Å². The maximum absolute atomic E-state index is 12.2. The molecule has 0 amide bonds. The summed E-state index contributed by atoms with van der Waals surface area (Å²) in [5.41, 5.74) is -0.195. The molecule has 0 bridgehead atoms. The van der Waals surface area contributed by atoms with Gasteiger partial charge in [-0.1, -0.05) is 20.8 Å². The zero-order chi connectivity index (χ0) is 23.4. The number of aliphatic hydroxyl groups excluding tert-OH is 2. The number of aliphatic hydroxyl groups is 2. The maximum atomic E-state index is 12.2. The van der Waals surface area contributed by atoms with Crippen LogP contribution in [0.15, 0.2) is 0 Å². The van der Waals surface area contributed by atoms with E-state index in [0.717, 1.165) is 44.9 Å². The number of carboxylic acids is 1. The highest BCUT2D eigenvalue weighted by molar-refractivity contribution is 5.66. The normalized spacial score (nSPS) is 48.8. The van der Waals surface area contributed by atoms with E-state index < -0.39 is 5.97 Å². The van der Waals surface area contributed by atoms with E-state index in [1.54, 1.807) is 0 Å². The van der Waals surface area contributed by atoms with Gasteiger partial charge in [0.2, 0.25) is 0 Å². The van der Waals surface area contributed by atoms with E-state index in [2.05, 4.69) is 20.8 Å². The Bertz CT molecular complexity index is 738. The fourth-order valence-corrected chi connectivity index (χ4v) is 9.03. The summed E-state index contributed by atoms with van der Waals surface area (Å²) in [6.45, 7) is 8.24.